The normalized spacial score (nSPS) is 19.1. The molecule has 1 saturated carbocycles. The fraction of sp³-hybridized carbons (Fsp3) is 0.390. The van der Waals surface area contributed by atoms with E-state index in [0.717, 1.165) is 93.6 Å². The molecule has 1 atom stereocenters. The maximum Gasteiger partial charge on any atom is 0.358 e. The van der Waals surface area contributed by atoms with Gasteiger partial charge in [0.2, 0.25) is 17.7 Å². The number of piperidine rings is 1. The number of carbonyl (C=O) groups is 5. The van der Waals surface area contributed by atoms with Gasteiger partial charge in [-0.1, -0.05) is 47.7 Å². The van der Waals surface area contributed by atoms with Gasteiger partial charge >= 0.3 is 5.97 Å². The minimum absolute atomic E-state index is 0.0123. The molecule has 4 aromatic carbocycles. The molecule has 7 aromatic rings. The first-order valence-electron chi connectivity index (χ1n) is 26.5. The Labute approximate surface area is 445 Å². The summed E-state index contributed by atoms with van der Waals surface area (Å²) in [4.78, 5) is 82.1. The Morgan fingerprint density at radius 2 is 1.61 bits per heavy atom. The van der Waals surface area contributed by atoms with Crippen LogP contribution in [-0.2, 0) is 39.1 Å². The highest BCUT2D eigenvalue weighted by atomic mass is 32.1. The quantitative estimate of drug-likeness (QED) is 0.0927. The second kappa shape index (κ2) is 20.8. The molecule has 3 fully saturated rings. The lowest BCUT2D eigenvalue weighted by molar-refractivity contribution is -0.134. The van der Waals surface area contributed by atoms with Crippen LogP contribution in [-0.4, -0.2) is 98.7 Å². The second-order valence-electron chi connectivity index (χ2n) is 21.6. The van der Waals surface area contributed by atoms with Crippen LogP contribution in [0.15, 0.2) is 91.0 Å². The Kier molecular flexibility index (Phi) is 13.8. The van der Waals surface area contributed by atoms with Gasteiger partial charge in [0.05, 0.1) is 33.4 Å². The molecule has 6 heterocycles. The standard InChI is InChI=1S/C59H63N9O7S/c1-35-40(41-22-24-50(61-54(41)57(73)75-59(2,3)4)68-27-26-37-10-8-12-42(45(37)34-68)55(71)63-58-60-46-13-6-7-15-49(46)76-58)11-9-14-48(35)74-39-19-16-36(17-20-39)32-52(70)67-30-28-66(29-31-67)38-18-21-43-47(33-38)65(5)64-53(43)44-23-25-51(69)62-56(44)72/h6-15,18,21-22,24,33,36,39,44H,16-17,19-20,23,25-32,34H2,1-5H3,(H,60,63,71)(H,62,69,72). The minimum atomic E-state index is -0.757. The summed E-state index contributed by atoms with van der Waals surface area (Å²) in [7, 11) is 1.88. The number of amides is 4. The van der Waals surface area contributed by atoms with Crippen LogP contribution in [0.25, 0.3) is 32.2 Å². The Bertz CT molecular complexity index is 3380. The number of aryl methyl sites for hydroxylation is 1. The van der Waals surface area contributed by atoms with Gasteiger partial charge < -0.3 is 24.2 Å². The third kappa shape index (κ3) is 10.5. The van der Waals surface area contributed by atoms with Crippen LogP contribution in [0.4, 0.5) is 16.6 Å². The predicted molar refractivity (Wildman–Crippen MR) is 294 cm³/mol. The van der Waals surface area contributed by atoms with Gasteiger partial charge in [0.1, 0.15) is 17.2 Å². The van der Waals surface area contributed by atoms with E-state index in [0.29, 0.717) is 79.6 Å². The number of esters is 1. The van der Waals surface area contributed by atoms with Crippen LogP contribution in [0.2, 0.25) is 0 Å². The summed E-state index contributed by atoms with van der Waals surface area (Å²) < 4.78 is 15.5. The van der Waals surface area contributed by atoms with E-state index in [2.05, 4.69) is 43.6 Å². The molecule has 4 aliphatic rings. The number of aromatic nitrogens is 4. The van der Waals surface area contributed by atoms with Gasteiger partial charge in [-0.05, 0) is 149 Å². The van der Waals surface area contributed by atoms with Gasteiger partial charge in [-0.25, -0.2) is 14.8 Å². The van der Waals surface area contributed by atoms with E-state index in [1.54, 1.807) is 4.68 Å². The van der Waals surface area contributed by atoms with E-state index in [1.165, 1.54) is 11.3 Å². The van der Waals surface area contributed by atoms with E-state index < -0.39 is 17.5 Å². The molecule has 1 unspecified atom stereocenters. The average molecular weight is 1040 g/mol. The molecule has 2 saturated heterocycles. The first-order valence-corrected chi connectivity index (χ1v) is 27.3. The van der Waals surface area contributed by atoms with Crippen LogP contribution in [0.1, 0.15) is 115 Å². The largest absolute Gasteiger partial charge is 0.490 e. The van der Waals surface area contributed by atoms with Gasteiger partial charge in [-0.15, -0.1) is 0 Å². The van der Waals surface area contributed by atoms with Gasteiger partial charge in [0.25, 0.3) is 5.91 Å². The van der Waals surface area contributed by atoms with E-state index in [1.807, 2.05) is 112 Å². The zero-order chi connectivity index (χ0) is 52.8. The number of hydrogen-bond acceptors (Lipinski definition) is 13. The first-order chi connectivity index (χ1) is 36.6. The van der Waals surface area contributed by atoms with Crippen molar-refractivity contribution in [3.63, 3.8) is 0 Å². The molecule has 1 aliphatic carbocycles. The third-order valence-corrected chi connectivity index (χ3v) is 16.3. The Morgan fingerprint density at radius 1 is 0.816 bits per heavy atom. The molecule has 76 heavy (non-hydrogen) atoms. The smallest absolute Gasteiger partial charge is 0.358 e. The van der Waals surface area contributed by atoms with Crippen molar-refractivity contribution in [1.29, 1.82) is 0 Å². The average Bonchev–Trinajstić information content (AvgIpc) is 4.00. The van der Waals surface area contributed by atoms with E-state index in [-0.39, 0.29) is 41.3 Å². The van der Waals surface area contributed by atoms with Crippen molar-refractivity contribution in [1.82, 2.24) is 30.0 Å². The summed E-state index contributed by atoms with van der Waals surface area (Å²) in [5, 5.41) is 11.6. The van der Waals surface area contributed by atoms with Crippen LogP contribution in [0.5, 0.6) is 5.75 Å². The lowest BCUT2D eigenvalue weighted by atomic mass is 9.85. The van der Waals surface area contributed by atoms with Gasteiger partial charge in [-0.3, -0.25) is 34.5 Å². The monoisotopic (exact) mass is 1040 g/mol. The number of pyridine rings is 1. The fourth-order valence-electron chi connectivity index (χ4n) is 11.3. The number of hydrogen-bond donors (Lipinski definition) is 2. The second-order valence-corrected chi connectivity index (χ2v) is 22.6. The molecular formula is C59H63N9O7S. The van der Waals surface area contributed by atoms with Crippen molar-refractivity contribution in [2.45, 2.75) is 103 Å². The maximum atomic E-state index is 14.1. The number of piperazine rings is 1. The van der Waals surface area contributed by atoms with Crippen molar-refractivity contribution >= 4 is 78.7 Å². The molecule has 4 amide bonds. The molecule has 3 aromatic heterocycles. The number of nitrogens with one attached hydrogen (secondary N) is 2. The van der Waals surface area contributed by atoms with Crippen LogP contribution < -0.4 is 25.2 Å². The van der Waals surface area contributed by atoms with Crippen LogP contribution in [0.3, 0.4) is 0 Å². The maximum absolute atomic E-state index is 14.1. The molecule has 11 rings (SSSR count). The van der Waals surface area contributed by atoms with Gasteiger partial charge in [-0.2, -0.15) is 5.10 Å². The van der Waals surface area contributed by atoms with Crippen LogP contribution >= 0.6 is 11.3 Å². The molecule has 0 radical (unpaired) electrons. The van der Waals surface area contributed by atoms with Gasteiger partial charge in [0.15, 0.2) is 10.8 Å². The zero-order valence-corrected chi connectivity index (χ0v) is 44.5. The summed E-state index contributed by atoms with van der Waals surface area (Å²) in [5.41, 5.74) is 7.92. The number of benzene rings is 4. The first kappa shape index (κ1) is 50.5. The number of nitrogens with zero attached hydrogens (tertiary/aromatic N) is 7. The van der Waals surface area contributed by atoms with E-state index in [9.17, 15) is 24.0 Å². The van der Waals surface area contributed by atoms with Gasteiger partial charge in [0, 0.05) is 81.4 Å². The lowest BCUT2D eigenvalue weighted by Gasteiger charge is -2.37. The van der Waals surface area contributed by atoms with Crippen molar-refractivity contribution in [2.75, 3.05) is 47.8 Å². The van der Waals surface area contributed by atoms with E-state index in [4.69, 9.17) is 19.6 Å². The molecule has 392 valence electrons. The molecular weight excluding hydrogens is 979 g/mol. The molecule has 3 aliphatic heterocycles. The van der Waals surface area contributed by atoms with Crippen molar-refractivity contribution in [3.8, 4) is 16.9 Å². The molecule has 17 heteroatoms. The minimum Gasteiger partial charge on any atom is -0.490 e. The van der Waals surface area contributed by atoms with Crippen LogP contribution in [0, 0.1) is 12.8 Å². The summed E-state index contributed by atoms with van der Waals surface area (Å²) in [6.45, 7) is 11.4. The number of imide groups is 1. The fourth-order valence-corrected chi connectivity index (χ4v) is 12.2. The Morgan fingerprint density at radius 3 is 2.38 bits per heavy atom. The summed E-state index contributed by atoms with van der Waals surface area (Å²) in [5.74, 6) is 0.109. The number of carbonyl (C=O) groups excluding carboxylic acids is 5. The topological polar surface area (TPSA) is 181 Å². The SMILES string of the molecule is Cc1c(OC2CCC(CC(=O)N3CCN(c4ccc5c(C6CCC(=O)NC6=O)nn(C)c5c4)CC3)CC2)cccc1-c1ccc(N2CCc3cccc(C(=O)Nc4nc5ccccc5s4)c3C2)nc1C(=O)OC(C)(C)C. The Hall–Kier alpha value is -7.66. The summed E-state index contributed by atoms with van der Waals surface area (Å²) >= 11 is 1.44. The van der Waals surface area contributed by atoms with Crippen molar-refractivity contribution in [3.05, 3.63) is 125 Å². The number of rotatable bonds is 11. The Balaban J connectivity index is 0.717. The van der Waals surface area contributed by atoms with Crippen molar-refractivity contribution < 1.29 is 33.4 Å². The lowest BCUT2D eigenvalue weighted by Crippen LogP contribution is -2.49. The van der Waals surface area contributed by atoms with E-state index >= 15 is 0 Å². The molecule has 16 nitrogen and oxygen atoms in total. The van der Waals surface area contributed by atoms with Crippen molar-refractivity contribution in [2.24, 2.45) is 13.0 Å². The molecule has 0 bridgehead atoms. The highest BCUT2D eigenvalue weighted by molar-refractivity contribution is 7.22. The number of thiazole rings is 1. The molecule has 2 N–H and O–H groups in total. The highest BCUT2D eigenvalue weighted by Gasteiger charge is 2.34. The highest BCUT2D eigenvalue weighted by Crippen LogP contribution is 2.39. The number of para-hydroxylation sites is 1. The summed E-state index contributed by atoms with van der Waals surface area (Å²) in [6, 6.07) is 29.6. The summed E-state index contributed by atoms with van der Waals surface area (Å²) in [6.07, 6.45) is 5.42. The number of fused-ring (bicyclic) bond motifs is 3. The third-order valence-electron chi connectivity index (χ3n) is 15.4. The zero-order valence-electron chi connectivity index (χ0n) is 43.7. The molecule has 0 spiro atoms. The predicted octanol–water partition coefficient (Wildman–Crippen LogP) is 9.52. The number of anilines is 3. The number of ether oxygens (including phenoxy) is 2.